The number of nitrogens with zero attached hydrogens (tertiary/aromatic N) is 3. The highest BCUT2D eigenvalue weighted by Gasteiger charge is 2.21. The molecule has 1 unspecified atom stereocenters. The van der Waals surface area contributed by atoms with Crippen LogP contribution in [0, 0.1) is 0 Å². The van der Waals surface area contributed by atoms with Crippen LogP contribution in [0.15, 0.2) is 18.3 Å². The summed E-state index contributed by atoms with van der Waals surface area (Å²) in [6.07, 6.45) is 1.85. The van der Waals surface area contributed by atoms with Gasteiger partial charge in [0.15, 0.2) is 0 Å². The van der Waals surface area contributed by atoms with Gasteiger partial charge in [0.25, 0.3) is 0 Å². The first-order chi connectivity index (χ1) is 7.70. The monoisotopic (exact) mass is 239 g/mol. The Morgan fingerprint density at radius 2 is 2.31 bits per heavy atom. The lowest BCUT2D eigenvalue weighted by Gasteiger charge is -2.39. The molecule has 1 aromatic rings. The van der Waals surface area contributed by atoms with Crippen LogP contribution in [0.25, 0.3) is 0 Å². The minimum atomic E-state index is 0.482. The molecular formula is C12H18ClN3. The minimum absolute atomic E-state index is 0.482. The number of hydrogen-bond acceptors (Lipinski definition) is 3. The molecule has 1 aliphatic heterocycles. The Balaban J connectivity index is 2.16. The molecular weight excluding hydrogens is 222 g/mol. The van der Waals surface area contributed by atoms with E-state index < -0.39 is 0 Å². The molecule has 0 aromatic carbocycles. The third-order valence-corrected chi connectivity index (χ3v) is 3.37. The summed E-state index contributed by atoms with van der Waals surface area (Å²) in [6.45, 7) is 5.56. The molecule has 1 aliphatic rings. The molecule has 1 aromatic heterocycles. The number of hydrogen-bond donors (Lipinski definition) is 0. The zero-order chi connectivity index (χ0) is 11.5. The standard InChI is InChI=1S/C12H18ClN3/c1-10-9-15(2)5-6-16(10)12-3-4-14-11(7-12)8-13/h3-4,7,10H,5-6,8-9H2,1-2H3. The Hall–Kier alpha value is -0.800. The molecule has 1 fully saturated rings. The van der Waals surface area contributed by atoms with Crippen molar-refractivity contribution >= 4 is 17.3 Å². The summed E-state index contributed by atoms with van der Waals surface area (Å²) >= 11 is 5.81. The van der Waals surface area contributed by atoms with Crippen LogP contribution in [0.2, 0.25) is 0 Å². The fourth-order valence-electron chi connectivity index (χ4n) is 2.24. The second-order valence-corrected chi connectivity index (χ2v) is 4.71. The molecule has 1 saturated heterocycles. The van der Waals surface area contributed by atoms with E-state index in [2.05, 4.69) is 40.9 Å². The largest absolute Gasteiger partial charge is 0.366 e. The van der Waals surface area contributed by atoms with Gasteiger partial charge in [0.2, 0.25) is 0 Å². The number of piperazine rings is 1. The van der Waals surface area contributed by atoms with E-state index in [0.29, 0.717) is 11.9 Å². The zero-order valence-electron chi connectivity index (χ0n) is 9.86. The molecule has 4 heteroatoms. The van der Waals surface area contributed by atoms with Crippen LogP contribution in [0.5, 0.6) is 0 Å². The molecule has 0 saturated carbocycles. The smallest absolute Gasteiger partial charge is 0.0648 e. The summed E-state index contributed by atoms with van der Waals surface area (Å²) in [5.41, 5.74) is 2.19. The number of halogens is 1. The van der Waals surface area contributed by atoms with Crippen LogP contribution < -0.4 is 4.90 Å². The lowest BCUT2D eigenvalue weighted by Crippen LogP contribution is -2.50. The average Bonchev–Trinajstić information content (AvgIpc) is 2.29. The molecule has 3 nitrogen and oxygen atoms in total. The number of likely N-dealkylation sites (N-methyl/N-ethyl adjacent to an activating group) is 1. The summed E-state index contributed by atoms with van der Waals surface area (Å²) in [5, 5.41) is 0. The summed E-state index contributed by atoms with van der Waals surface area (Å²) in [4.78, 5) is 9.02. The van der Waals surface area contributed by atoms with E-state index in [9.17, 15) is 0 Å². The fraction of sp³-hybridized carbons (Fsp3) is 0.583. The lowest BCUT2D eigenvalue weighted by molar-refractivity contribution is 0.275. The average molecular weight is 240 g/mol. The summed E-state index contributed by atoms with van der Waals surface area (Å²) in [6, 6.07) is 4.71. The van der Waals surface area contributed by atoms with Crippen molar-refractivity contribution in [3.8, 4) is 0 Å². The summed E-state index contributed by atoms with van der Waals surface area (Å²) in [5.74, 6) is 0.482. The number of pyridine rings is 1. The molecule has 16 heavy (non-hydrogen) atoms. The van der Waals surface area contributed by atoms with Crippen molar-refractivity contribution in [2.24, 2.45) is 0 Å². The molecule has 0 aliphatic carbocycles. The molecule has 1 atom stereocenters. The highest BCUT2D eigenvalue weighted by Crippen LogP contribution is 2.20. The van der Waals surface area contributed by atoms with Crippen molar-refractivity contribution in [1.82, 2.24) is 9.88 Å². The van der Waals surface area contributed by atoms with Gasteiger partial charge in [-0.2, -0.15) is 0 Å². The predicted octanol–water partition coefficient (Wildman–Crippen LogP) is 1.96. The van der Waals surface area contributed by atoms with Crippen LogP contribution in [-0.4, -0.2) is 42.6 Å². The van der Waals surface area contributed by atoms with Gasteiger partial charge >= 0.3 is 0 Å². The van der Waals surface area contributed by atoms with E-state index in [1.165, 1.54) is 5.69 Å². The Kier molecular flexibility index (Phi) is 3.66. The summed E-state index contributed by atoms with van der Waals surface area (Å²) < 4.78 is 0. The maximum absolute atomic E-state index is 5.81. The van der Waals surface area contributed by atoms with Crippen LogP contribution in [-0.2, 0) is 5.88 Å². The number of alkyl halides is 1. The van der Waals surface area contributed by atoms with Gasteiger partial charge in [-0.05, 0) is 26.1 Å². The SMILES string of the molecule is CC1CN(C)CCN1c1ccnc(CCl)c1. The first-order valence-corrected chi connectivity index (χ1v) is 6.20. The maximum atomic E-state index is 5.81. The van der Waals surface area contributed by atoms with Crippen LogP contribution in [0.3, 0.4) is 0 Å². The van der Waals surface area contributed by atoms with Crippen LogP contribution in [0.1, 0.15) is 12.6 Å². The van der Waals surface area contributed by atoms with Gasteiger partial charge < -0.3 is 9.80 Å². The highest BCUT2D eigenvalue weighted by molar-refractivity contribution is 6.16. The Bertz CT molecular complexity index is 356. The van der Waals surface area contributed by atoms with Gasteiger partial charge in [-0.1, -0.05) is 0 Å². The van der Waals surface area contributed by atoms with Crippen LogP contribution in [0.4, 0.5) is 5.69 Å². The summed E-state index contributed by atoms with van der Waals surface area (Å²) in [7, 11) is 2.17. The molecule has 88 valence electrons. The third kappa shape index (κ3) is 2.47. The van der Waals surface area contributed by atoms with Crippen molar-refractivity contribution in [3.05, 3.63) is 24.0 Å². The van der Waals surface area contributed by atoms with Gasteiger partial charge in [-0.15, -0.1) is 11.6 Å². The number of rotatable bonds is 2. The molecule has 0 N–H and O–H groups in total. The minimum Gasteiger partial charge on any atom is -0.366 e. The molecule has 0 spiro atoms. The van der Waals surface area contributed by atoms with Crippen LogP contribution >= 0.6 is 11.6 Å². The van der Waals surface area contributed by atoms with Crippen molar-refractivity contribution in [1.29, 1.82) is 0 Å². The first kappa shape index (κ1) is 11.7. The normalized spacial score (nSPS) is 22.4. The van der Waals surface area contributed by atoms with E-state index in [4.69, 9.17) is 11.6 Å². The predicted molar refractivity (Wildman–Crippen MR) is 68.1 cm³/mol. The Morgan fingerprint density at radius 3 is 3.00 bits per heavy atom. The fourth-order valence-corrected chi connectivity index (χ4v) is 2.39. The third-order valence-electron chi connectivity index (χ3n) is 3.10. The molecule has 0 radical (unpaired) electrons. The van der Waals surface area contributed by atoms with Crippen molar-refractivity contribution < 1.29 is 0 Å². The van der Waals surface area contributed by atoms with E-state index in [-0.39, 0.29) is 0 Å². The second kappa shape index (κ2) is 5.02. The molecule has 0 bridgehead atoms. The quantitative estimate of drug-likeness (QED) is 0.736. The van der Waals surface area contributed by atoms with Crippen molar-refractivity contribution in [3.63, 3.8) is 0 Å². The molecule has 2 rings (SSSR count). The van der Waals surface area contributed by atoms with Gasteiger partial charge in [0.1, 0.15) is 0 Å². The Morgan fingerprint density at radius 1 is 1.50 bits per heavy atom. The number of anilines is 1. The maximum Gasteiger partial charge on any atom is 0.0648 e. The molecule has 0 amide bonds. The molecule has 2 heterocycles. The van der Waals surface area contributed by atoms with E-state index >= 15 is 0 Å². The van der Waals surface area contributed by atoms with Gasteiger partial charge in [0.05, 0.1) is 11.6 Å². The van der Waals surface area contributed by atoms with E-state index in [1.807, 2.05) is 6.20 Å². The lowest BCUT2D eigenvalue weighted by atomic mass is 10.1. The number of aromatic nitrogens is 1. The Labute approximate surface area is 102 Å². The van der Waals surface area contributed by atoms with Gasteiger partial charge in [-0.3, -0.25) is 4.98 Å². The zero-order valence-corrected chi connectivity index (χ0v) is 10.6. The van der Waals surface area contributed by atoms with Crippen molar-refractivity contribution in [2.75, 3.05) is 31.6 Å². The van der Waals surface area contributed by atoms with E-state index in [0.717, 1.165) is 25.3 Å². The van der Waals surface area contributed by atoms with Gasteiger partial charge in [0, 0.05) is 37.6 Å². The van der Waals surface area contributed by atoms with E-state index in [1.54, 1.807) is 0 Å². The van der Waals surface area contributed by atoms with Crippen molar-refractivity contribution in [2.45, 2.75) is 18.8 Å². The topological polar surface area (TPSA) is 19.4 Å². The highest BCUT2D eigenvalue weighted by atomic mass is 35.5. The first-order valence-electron chi connectivity index (χ1n) is 5.67. The second-order valence-electron chi connectivity index (χ2n) is 4.44. The van der Waals surface area contributed by atoms with Gasteiger partial charge in [-0.25, -0.2) is 0 Å².